The predicted octanol–water partition coefficient (Wildman–Crippen LogP) is 1.27. The Kier molecular flexibility index (Phi) is 5.42. The van der Waals surface area contributed by atoms with Crippen LogP contribution in [0.25, 0.3) is 0 Å². The van der Waals surface area contributed by atoms with E-state index in [1.807, 2.05) is 0 Å². The topological polar surface area (TPSA) is 84.9 Å². The number of carbonyl (C=O) groups excluding carboxylic acids is 1. The third kappa shape index (κ3) is 3.80. The van der Waals surface area contributed by atoms with Crippen molar-refractivity contribution in [2.45, 2.75) is 23.5 Å². The van der Waals surface area contributed by atoms with Gasteiger partial charge in [0.25, 0.3) is 5.91 Å². The van der Waals surface area contributed by atoms with Crippen LogP contribution in [-0.4, -0.2) is 57.9 Å². The number of amides is 1. The lowest BCUT2D eigenvalue weighted by molar-refractivity contribution is -0.181. The van der Waals surface area contributed by atoms with Crippen LogP contribution in [0.2, 0.25) is 0 Å². The molecule has 1 aromatic carbocycles. The van der Waals surface area contributed by atoms with Crippen LogP contribution in [0, 0.1) is 5.82 Å². The van der Waals surface area contributed by atoms with Crippen molar-refractivity contribution >= 4 is 15.9 Å². The summed E-state index contributed by atoms with van der Waals surface area (Å²) in [6, 6.07) is 3.34. The smallest absolute Gasteiger partial charge is 0.253 e. The largest absolute Gasteiger partial charge is 0.347 e. The van der Waals surface area contributed by atoms with Crippen molar-refractivity contribution in [3.63, 3.8) is 0 Å². The molecule has 26 heavy (non-hydrogen) atoms. The van der Waals surface area contributed by atoms with E-state index in [1.54, 1.807) is 4.90 Å². The molecule has 2 aliphatic heterocycles. The predicted molar refractivity (Wildman–Crippen MR) is 91.6 cm³/mol. The zero-order chi connectivity index (χ0) is 18.8. The molecular formula is C17H21FN2O5S. The summed E-state index contributed by atoms with van der Waals surface area (Å²) in [7, 11) is -4.07. The Hall–Kier alpha value is -1.81. The maximum Gasteiger partial charge on any atom is 0.253 e. The Morgan fingerprint density at radius 1 is 1.31 bits per heavy atom. The molecule has 2 saturated heterocycles. The summed E-state index contributed by atoms with van der Waals surface area (Å²) >= 11 is 0. The van der Waals surface area contributed by atoms with Gasteiger partial charge in [-0.2, -0.15) is 0 Å². The fraction of sp³-hybridized carbons (Fsp3) is 0.471. The van der Waals surface area contributed by atoms with E-state index < -0.39 is 26.5 Å². The molecule has 2 fully saturated rings. The van der Waals surface area contributed by atoms with E-state index in [9.17, 15) is 17.6 Å². The highest BCUT2D eigenvalue weighted by atomic mass is 32.2. The number of hydrogen-bond acceptors (Lipinski definition) is 5. The molecule has 7 nitrogen and oxygen atoms in total. The molecule has 1 N–H and O–H groups in total. The average molecular weight is 384 g/mol. The van der Waals surface area contributed by atoms with Crippen molar-refractivity contribution in [3.05, 3.63) is 42.2 Å². The number of likely N-dealkylation sites (tertiary alicyclic amines) is 1. The molecule has 1 amide bonds. The Morgan fingerprint density at radius 3 is 2.58 bits per heavy atom. The Bertz CT molecular complexity index is 795. The third-order valence-electron chi connectivity index (χ3n) is 4.51. The van der Waals surface area contributed by atoms with Crippen molar-refractivity contribution in [2.24, 2.45) is 0 Å². The minimum absolute atomic E-state index is 0.0336. The van der Waals surface area contributed by atoms with Gasteiger partial charge in [0.05, 0.1) is 13.2 Å². The standard InChI is InChI=1S/C17H21FN2O5S/c1-2-7-19-26(22,23)15-12-13(3-4-14(15)18)16(21)20-8-5-17(6-9-20)24-10-11-25-17/h2-4,12,19H,1,5-11H2. The number of rotatable bonds is 5. The van der Waals surface area contributed by atoms with Gasteiger partial charge in [0.15, 0.2) is 5.79 Å². The maximum absolute atomic E-state index is 14.0. The average Bonchev–Trinajstić information content (AvgIpc) is 3.08. The van der Waals surface area contributed by atoms with Crippen molar-refractivity contribution < 1.29 is 27.1 Å². The molecule has 0 atom stereocenters. The number of ether oxygens (including phenoxy) is 2. The van der Waals surface area contributed by atoms with Gasteiger partial charge >= 0.3 is 0 Å². The van der Waals surface area contributed by atoms with Gasteiger partial charge in [-0.1, -0.05) is 6.08 Å². The van der Waals surface area contributed by atoms with Gasteiger partial charge in [0.1, 0.15) is 10.7 Å². The van der Waals surface area contributed by atoms with Gasteiger partial charge < -0.3 is 14.4 Å². The molecule has 142 valence electrons. The molecule has 2 heterocycles. The normalized spacial score (nSPS) is 19.7. The fourth-order valence-electron chi connectivity index (χ4n) is 3.11. The van der Waals surface area contributed by atoms with Crippen LogP contribution in [0.1, 0.15) is 23.2 Å². The number of hydrogen-bond donors (Lipinski definition) is 1. The molecule has 0 saturated carbocycles. The van der Waals surface area contributed by atoms with Crippen LogP contribution in [0.5, 0.6) is 0 Å². The van der Waals surface area contributed by atoms with E-state index in [-0.39, 0.29) is 18.0 Å². The van der Waals surface area contributed by atoms with Crippen molar-refractivity contribution in [1.29, 1.82) is 0 Å². The summed E-state index contributed by atoms with van der Waals surface area (Å²) < 4.78 is 51.8. The quantitative estimate of drug-likeness (QED) is 0.773. The van der Waals surface area contributed by atoms with Crippen molar-refractivity contribution in [3.8, 4) is 0 Å². The number of benzene rings is 1. The molecule has 0 radical (unpaired) electrons. The lowest BCUT2D eigenvalue weighted by Crippen LogP contribution is -2.47. The number of piperidine rings is 1. The maximum atomic E-state index is 14.0. The van der Waals surface area contributed by atoms with Crippen LogP contribution >= 0.6 is 0 Å². The molecule has 1 aromatic rings. The zero-order valence-corrected chi connectivity index (χ0v) is 15.1. The van der Waals surface area contributed by atoms with Crippen LogP contribution in [0.15, 0.2) is 35.7 Å². The van der Waals surface area contributed by atoms with Crippen molar-refractivity contribution in [1.82, 2.24) is 9.62 Å². The lowest BCUT2D eigenvalue weighted by atomic mass is 10.0. The van der Waals surface area contributed by atoms with Gasteiger partial charge in [-0.3, -0.25) is 4.79 Å². The van der Waals surface area contributed by atoms with E-state index >= 15 is 0 Å². The highest BCUT2D eigenvalue weighted by Crippen LogP contribution is 2.32. The van der Waals surface area contributed by atoms with Gasteiger partial charge in [0, 0.05) is 38.0 Å². The summed E-state index contributed by atoms with van der Waals surface area (Å²) in [5.41, 5.74) is 0.120. The number of carbonyl (C=O) groups is 1. The second-order valence-corrected chi connectivity index (χ2v) is 7.92. The molecule has 3 rings (SSSR count). The number of nitrogens with one attached hydrogen (secondary N) is 1. The third-order valence-corrected chi connectivity index (χ3v) is 5.95. The first-order valence-electron chi connectivity index (χ1n) is 8.34. The molecular weight excluding hydrogens is 363 g/mol. The molecule has 2 aliphatic rings. The summed E-state index contributed by atoms with van der Waals surface area (Å²) in [4.78, 5) is 13.7. The molecule has 0 bridgehead atoms. The van der Waals surface area contributed by atoms with Crippen LogP contribution in [0.3, 0.4) is 0 Å². The minimum Gasteiger partial charge on any atom is -0.347 e. The summed E-state index contributed by atoms with van der Waals surface area (Å²) in [5.74, 6) is -1.87. The molecule has 0 aromatic heterocycles. The summed E-state index contributed by atoms with van der Waals surface area (Å²) in [5, 5.41) is 0. The van der Waals surface area contributed by atoms with Crippen LogP contribution in [-0.2, 0) is 19.5 Å². The Morgan fingerprint density at radius 2 is 1.96 bits per heavy atom. The summed E-state index contributed by atoms with van der Waals surface area (Å²) in [6.07, 6.45) is 2.44. The van der Waals surface area contributed by atoms with E-state index in [1.165, 1.54) is 12.1 Å². The SMILES string of the molecule is C=CCNS(=O)(=O)c1cc(C(=O)N2CCC3(CC2)OCCO3)ccc1F. The first kappa shape index (κ1) is 19.0. The van der Waals surface area contributed by atoms with E-state index in [0.29, 0.717) is 39.1 Å². The number of sulfonamides is 1. The monoisotopic (exact) mass is 384 g/mol. The highest BCUT2D eigenvalue weighted by Gasteiger charge is 2.41. The van der Waals surface area contributed by atoms with Gasteiger partial charge in [-0.05, 0) is 18.2 Å². The second kappa shape index (κ2) is 7.43. The van der Waals surface area contributed by atoms with Gasteiger partial charge in [-0.25, -0.2) is 17.5 Å². The zero-order valence-electron chi connectivity index (χ0n) is 14.2. The van der Waals surface area contributed by atoms with Crippen LogP contribution < -0.4 is 4.72 Å². The summed E-state index contributed by atoms with van der Waals surface area (Å²) in [6.45, 7) is 5.32. The fourth-order valence-corrected chi connectivity index (χ4v) is 4.21. The van der Waals surface area contributed by atoms with E-state index in [4.69, 9.17) is 9.47 Å². The first-order valence-corrected chi connectivity index (χ1v) is 9.82. The highest BCUT2D eigenvalue weighted by molar-refractivity contribution is 7.89. The lowest BCUT2D eigenvalue weighted by Gasteiger charge is -2.37. The second-order valence-electron chi connectivity index (χ2n) is 6.19. The van der Waals surface area contributed by atoms with Crippen molar-refractivity contribution in [2.75, 3.05) is 32.8 Å². The minimum atomic E-state index is -4.07. The Balaban J connectivity index is 1.76. The molecule has 0 unspecified atom stereocenters. The molecule has 0 aliphatic carbocycles. The van der Waals surface area contributed by atoms with E-state index in [0.717, 1.165) is 12.1 Å². The van der Waals surface area contributed by atoms with E-state index in [2.05, 4.69) is 11.3 Å². The van der Waals surface area contributed by atoms with Gasteiger partial charge in [-0.15, -0.1) is 6.58 Å². The first-order chi connectivity index (χ1) is 12.4. The molecule has 1 spiro atoms. The number of halogens is 1. The van der Waals surface area contributed by atoms with Crippen LogP contribution in [0.4, 0.5) is 4.39 Å². The number of nitrogens with zero attached hydrogens (tertiary/aromatic N) is 1. The molecule has 9 heteroatoms. The van der Waals surface area contributed by atoms with Gasteiger partial charge in [0.2, 0.25) is 10.0 Å². The Labute approximate surface area is 151 Å².